The van der Waals surface area contributed by atoms with E-state index < -0.39 is 0 Å². The van der Waals surface area contributed by atoms with Crippen LogP contribution < -0.4 is 11.1 Å². The van der Waals surface area contributed by atoms with Crippen LogP contribution in [0.15, 0.2) is 4.99 Å². The molecule has 0 radical (unpaired) electrons. The van der Waals surface area contributed by atoms with Crippen LogP contribution in [0.4, 0.5) is 0 Å². The van der Waals surface area contributed by atoms with Crippen molar-refractivity contribution in [1.29, 1.82) is 0 Å². The first-order chi connectivity index (χ1) is 8.83. The second kappa shape index (κ2) is 10.1. The Morgan fingerprint density at radius 1 is 1.50 bits per heavy atom. The van der Waals surface area contributed by atoms with Gasteiger partial charge in [-0.05, 0) is 25.7 Å². The number of ether oxygens (including phenoxy) is 2. The molecule has 5 nitrogen and oxygen atoms in total. The van der Waals surface area contributed by atoms with Gasteiger partial charge in [0.2, 0.25) is 0 Å². The van der Waals surface area contributed by atoms with E-state index in [4.69, 9.17) is 15.2 Å². The van der Waals surface area contributed by atoms with E-state index in [1.54, 1.807) is 0 Å². The zero-order valence-corrected chi connectivity index (χ0v) is 11.5. The van der Waals surface area contributed by atoms with E-state index in [1.807, 2.05) is 0 Å². The molecule has 1 aliphatic rings. The Morgan fingerprint density at radius 3 is 3.11 bits per heavy atom. The molecule has 0 aromatic carbocycles. The fourth-order valence-electron chi connectivity index (χ4n) is 1.81. The van der Waals surface area contributed by atoms with Gasteiger partial charge in [0.1, 0.15) is 0 Å². The molecule has 1 fully saturated rings. The predicted octanol–water partition coefficient (Wildman–Crippen LogP) is 1.28. The third-order valence-corrected chi connectivity index (χ3v) is 2.89. The summed E-state index contributed by atoms with van der Waals surface area (Å²) in [7, 11) is 0. The van der Waals surface area contributed by atoms with Crippen LogP contribution in [0.1, 0.15) is 39.0 Å². The number of guanidine groups is 1. The maximum atomic E-state index is 5.71. The lowest BCUT2D eigenvalue weighted by Gasteiger charge is -2.09. The van der Waals surface area contributed by atoms with Gasteiger partial charge in [-0.2, -0.15) is 0 Å². The summed E-state index contributed by atoms with van der Waals surface area (Å²) < 4.78 is 11.0. The summed E-state index contributed by atoms with van der Waals surface area (Å²) in [5.41, 5.74) is 5.71. The summed E-state index contributed by atoms with van der Waals surface area (Å²) in [5, 5.41) is 3.09. The Morgan fingerprint density at radius 2 is 2.39 bits per heavy atom. The van der Waals surface area contributed by atoms with Crippen molar-refractivity contribution < 1.29 is 9.47 Å². The van der Waals surface area contributed by atoms with Crippen molar-refractivity contribution in [2.24, 2.45) is 10.7 Å². The number of unbranched alkanes of at least 4 members (excludes halogenated alkanes) is 1. The summed E-state index contributed by atoms with van der Waals surface area (Å²) in [6.45, 7) is 6.11. The maximum absolute atomic E-state index is 5.71. The normalized spacial score (nSPS) is 20.3. The van der Waals surface area contributed by atoms with Gasteiger partial charge in [0.05, 0.1) is 12.7 Å². The summed E-state index contributed by atoms with van der Waals surface area (Å²) in [5.74, 6) is 0.544. The van der Waals surface area contributed by atoms with Crippen LogP contribution in [0.5, 0.6) is 0 Å². The molecule has 0 aliphatic carbocycles. The summed E-state index contributed by atoms with van der Waals surface area (Å²) in [4.78, 5) is 4.24. The van der Waals surface area contributed by atoms with Gasteiger partial charge in [0.15, 0.2) is 5.96 Å². The van der Waals surface area contributed by atoms with Crippen LogP contribution in [0.3, 0.4) is 0 Å². The molecule has 1 atom stereocenters. The molecule has 0 aromatic rings. The summed E-state index contributed by atoms with van der Waals surface area (Å²) in [6, 6.07) is 0. The molecule has 1 aliphatic heterocycles. The van der Waals surface area contributed by atoms with E-state index in [-0.39, 0.29) is 0 Å². The Balaban J connectivity index is 1.88. The first-order valence-corrected chi connectivity index (χ1v) is 7.06. The Labute approximate surface area is 110 Å². The largest absolute Gasteiger partial charge is 0.379 e. The van der Waals surface area contributed by atoms with Crippen LogP contribution in [0, 0.1) is 0 Å². The third kappa shape index (κ3) is 7.50. The molecule has 1 saturated heterocycles. The minimum Gasteiger partial charge on any atom is -0.379 e. The van der Waals surface area contributed by atoms with E-state index in [9.17, 15) is 0 Å². The minimum absolute atomic E-state index is 0.314. The zero-order valence-electron chi connectivity index (χ0n) is 11.5. The molecule has 3 N–H and O–H groups in total. The van der Waals surface area contributed by atoms with E-state index in [1.165, 1.54) is 0 Å². The molecule has 1 heterocycles. The van der Waals surface area contributed by atoms with Crippen molar-refractivity contribution in [3.63, 3.8) is 0 Å². The second-order valence-electron chi connectivity index (χ2n) is 4.61. The molecule has 5 heteroatoms. The lowest BCUT2D eigenvalue weighted by atomic mass is 10.2. The van der Waals surface area contributed by atoms with Crippen LogP contribution in [-0.2, 0) is 9.47 Å². The highest BCUT2D eigenvalue weighted by molar-refractivity contribution is 5.77. The van der Waals surface area contributed by atoms with Crippen molar-refractivity contribution in [2.45, 2.75) is 45.1 Å². The van der Waals surface area contributed by atoms with Gasteiger partial charge in [-0.1, -0.05) is 13.3 Å². The van der Waals surface area contributed by atoms with Crippen molar-refractivity contribution in [3.05, 3.63) is 0 Å². The second-order valence-corrected chi connectivity index (χ2v) is 4.61. The standard InChI is InChI=1S/C13H27N3O2/c1-2-3-7-15-13(14)16-8-5-9-17-11-12-6-4-10-18-12/h12H,2-11H2,1H3,(H3,14,15,16). The zero-order chi connectivity index (χ0) is 13.1. The van der Waals surface area contributed by atoms with Gasteiger partial charge >= 0.3 is 0 Å². The molecule has 0 amide bonds. The number of hydrogen-bond acceptors (Lipinski definition) is 3. The van der Waals surface area contributed by atoms with Gasteiger partial charge in [0.25, 0.3) is 0 Å². The number of nitrogens with two attached hydrogens (primary N) is 1. The monoisotopic (exact) mass is 257 g/mol. The molecule has 1 rings (SSSR count). The first-order valence-electron chi connectivity index (χ1n) is 7.06. The Hall–Kier alpha value is -0.810. The van der Waals surface area contributed by atoms with Crippen LogP contribution >= 0.6 is 0 Å². The van der Waals surface area contributed by atoms with E-state index >= 15 is 0 Å². The molecule has 18 heavy (non-hydrogen) atoms. The molecular weight excluding hydrogens is 230 g/mol. The van der Waals surface area contributed by atoms with Gasteiger partial charge in [-0.3, -0.25) is 4.99 Å². The van der Waals surface area contributed by atoms with Gasteiger partial charge < -0.3 is 20.5 Å². The molecule has 0 bridgehead atoms. The van der Waals surface area contributed by atoms with Gasteiger partial charge in [0, 0.05) is 26.3 Å². The average Bonchev–Trinajstić information content (AvgIpc) is 2.87. The smallest absolute Gasteiger partial charge is 0.188 e. The molecule has 0 aromatic heterocycles. The van der Waals surface area contributed by atoms with E-state index in [0.29, 0.717) is 18.7 Å². The van der Waals surface area contributed by atoms with Crippen molar-refractivity contribution in [2.75, 3.05) is 32.9 Å². The average molecular weight is 257 g/mol. The fourth-order valence-corrected chi connectivity index (χ4v) is 1.81. The van der Waals surface area contributed by atoms with E-state index in [2.05, 4.69) is 17.2 Å². The molecule has 0 spiro atoms. The molecule has 106 valence electrons. The van der Waals surface area contributed by atoms with Crippen molar-refractivity contribution in [1.82, 2.24) is 5.32 Å². The number of rotatable bonds is 9. The van der Waals surface area contributed by atoms with Crippen LogP contribution in [0.2, 0.25) is 0 Å². The molecule has 0 saturated carbocycles. The Bertz CT molecular complexity index is 228. The highest BCUT2D eigenvalue weighted by Gasteiger charge is 2.14. The summed E-state index contributed by atoms with van der Waals surface area (Å²) >= 11 is 0. The number of nitrogens with one attached hydrogen (secondary N) is 1. The Kier molecular flexibility index (Phi) is 8.59. The SMILES string of the molecule is CCCCNC(N)=NCCCOCC1CCCO1. The van der Waals surface area contributed by atoms with Crippen LogP contribution in [-0.4, -0.2) is 45.0 Å². The van der Waals surface area contributed by atoms with Crippen LogP contribution in [0.25, 0.3) is 0 Å². The topological polar surface area (TPSA) is 68.9 Å². The maximum Gasteiger partial charge on any atom is 0.188 e. The fraction of sp³-hybridized carbons (Fsp3) is 0.923. The summed E-state index contributed by atoms with van der Waals surface area (Å²) in [6.07, 6.45) is 5.81. The quantitative estimate of drug-likeness (QED) is 0.371. The number of nitrogens with zero attached hydrogens (tertiary/aromatic N) is 1. The van der Waals surface area contributed by atoms with E-state index in [0.717, 1.165) is 58.4 Å². The predicted molar refractivity (Wildman–Crippen MR) is 73.8 cm³/mol. The highest BCUT2D eigenvalue weighted by Crippen LogP contribution is 2.11. The number of hydrogen-bond donors (Lipinski definition) is 2. The highest BCUT2D eigenvalue weighted by atomic mass is 16.5. The lowest BCUT2D eigenvalue weighted by Crippen LogP contribution is -2.32. The minimum atomic E-state index is 0.314. The van der Waals surface area contributed by atoms with Gasteiger partial charge in [-0.25, -0.2) is 0 Å². The third-order valence-electron chi connectivity index (χ3n) is 2.89. The van der Waals surface area contributed by atoms with Crippen molar-refractivity contribution in [3.8, 4) is 0 Å². The first kappa shape index (κ1) is 15.2. The van der Waals surface area contributed by atoms with Gasteiger partial charge in [-0.15, -0.1) is 0 Å². The molecule has 1 unspecified atom stereocenters. The number of aliphatic imine (C=N–C) groups is 1. The van der Waals surface area contributed by atoms with Crippen molar-refractivity contribution >= 4 is 5.96 Å². The lowest BCUT2D eigenvalue weighted by molar-refractivity contribution is 0.0171. The molecular formula is C13H27N3O2.